The number of hydrogen-bond acceptors (Lipinski definition) is 4. The van der Waals surface area contributed by atoms with E-state index in [2.05, 4.69) is 5.16 Å². The zero-order chi connectivity index (χ0) is 13.5. The molecule has 0 fully saturated rings. The van der Waals surface area contributed by atoms with Crippen LogP contribution in [-0.2, 0) is 9.53 Å². The number of oxime groups is 1. The third kappa shape index (κ3) is 3.48. The average molecular weight is 288 g/mol. The van der Waals surface area contributed by atoms with Gasteiger partial charge in [-0.15, -0.1) is 0 Å². The van der Waals surface area contributed by atoms with E-state index in [-0.39, 0.29) is 22.4 Å². The quantitative estimate of drug-likeness (QED) is 0.400. The van der Waals surface area contributed by atoms with Gasteiger partial charge in [-0.25, -0.2) is 4.79 Å². The molecule has 0 saturated heterocycles. The van der Waals surface area contributed by atoms with E-state index in [0.717, 1.165) is 0 Å². The Hall–Kier alpha value is -1.52. The van der Waals surface area contributed by atoms with Gasteiger partial charge in [-0.05, 0) is 12.5 Å². The Bertz CT molecular complexity index is 479. The van der Waals surface area contributed by atoms with Crippen LogP contribution in [0.1, 0.15) is 12.5 Å². The van der Waals surface area contributed by atoms with Gasteiger partial charge in [0.25, 0.3) is 0 Å². The van der Waals surface area contributed by atoms with Crippen molar-refractivity contribution in [1.82, 2.24) is 0 Å². The Labute approximate surface area is 114 Å². The highest BCUT2D eigenvalue weighted by molar-refractivity contribution is 6.66. The minimum Gasteiger partial charge on any atom is -0.461 e. The first kappa shape index (κ1) is 14.5. The van der Waals surface area contributed by atoms with Crippen LogP contribution in [0.4, 0.5) is 0 Å². The monoisotopic (exact) mass is 287 g/mol. The van der Waals surface area contributed by atoms with Gasteiger partial charge in [-0.2, -0.15) is 0 Å². The SMILES string of the molecule is CCOC(=O)/C(=N\O)C(=C(Cl)Cl)c1ccccc1. The first-order valence-corrected chi connectivity index (χ1v) is 5.87. The first-order chi connectivity index (χ1) is 8.61. The highest BCUT2D eigenvalue weighted by Gasteiger charge is 2.23. The van der Waals surface area contributed by atoms with Crippen molar-refractivity contribution in [3.8, 4) is 0 Å². The molecule has 0 aliphatic rings. The van der Waals surface area contributed by atoms with Crippen LogP contribution in [0.2, 0.25) is 0 Å². The van der Waals surface area contributed by atoms with Crippen molar-refractivity contribution in [3.63, 3.8) is 0 Å². The molecular weight excluding hydrogens is 277 g/mol. The van der Waals surface area contributed by atoms with Crippen LogP contribution in [0, 0.1) is 0 Å². The number of hydrogen-bond donors (Lipinski definition) is 1. The molecule has 18 heavy (non-hydrogen) atoms. The lowest BCUT2D eigenvalue weighted by Crippen LogP contribution is -2.19. The van der Waals surface area contributed by atoms with E-state index < -0.39 is 5.97 Å². The van der Waals surface area contributed by atoms with E-state index in [0.29, 0.717) is 5.56 Å². The Kier molecular flexibility index (Phi) is 5.68. The molecule has 96 valence electrons. The third-order valence-corrected chi connectivity index (χ3v) is 2.43. The molecule has 0 aromatic heterocycles. The van der Waals surface area contributed by atoms with Crippen LogP contribution in [-0.4, -0.2) is 23.5 Å². The molecular formula is C12H11Cl2NO3. The topological polar surface area (TPSA) is 58.9 Å². The molecule has 1 aromatic carbocycles. The van der Waals surface area contributed by atoms with Gasteiger partial charge >= 0.3 is 5.97 Å². The minimum atomic E-state index is -0.794. The van der Waals surface area contributed by atoms with Crippen molar-refractivity contribution in [1.29, 1.82) is 0 Å². The maximum atomic E-state index is 11.6. The largest absolute Gasteiger partial charge is 0.461 e. The number of rotatable bonds is 4. The molecule has 0 spiro atoms. The van der Waals surface area contributed by atoms with Gasteiger partial charge in [0.1, 0.15) is 4.49 Å². The molecule has 1 rings (SSSR count). The Morgan fingerprint density at radius 2 is 1.94 bits per heavy atom. The van der Waals surface area contributed by atoms with Gasteiger partial charge in [-0.1, -0.05) is 58.7 Å². The molecule has 4 nitrogen and oxygen atoms in total. The van der Waals surface area contributed by atoms with Crippen LogP contribution >= 0.6 is 23.2 Å². The molecule has 0 aliphatic carbocycles. The summed E-state index contributed by atoms with van der Waals surface area (Å²) in [6, 6.07) is 8.65. The standard InChI is InChI=1S/C12H11Cl2NO3/c1-2-18-12(16)10(15-17)9(11(13)14)8-6-4-3-5-7-8/h3-7,17H,2H2,1H3/b15-10-. The summed E-state index contributed by atoms with van der Waals surface area (Å²) in [5.41, 5.74) is 0.348. The number of ether oxygens (including phenoxy) is 1. The van der Waals surface area contributed by atoms with Gasteiger partial charge in [0.2, 0.25) is 0 Å². The predicted molar refractivity (Wildman–Crippen MR) is 70.9 cm³/mol. The minimum absolute atomic E-state index is 0.125. The fourth-order valence-electron chi connectivity index (χ4n) is 1.33. The van der Waals surface area contributed by atoms with Gasteiger partial charge in [-0.3, -0.25) is 0 Å². The zero-order valence-corrected chi connectivity index (χ0v) is 11.1. The normalized spacial score (nSPS) is 10.9. The summed E-state index contributed by atoms with van der Waals surface area (Å²) >= 11 is 11.5. The summed E-state index contributed by atoms with van der Waals surface area (Å²) in [5.74, 6) is -0.794. The maximum absolute atomic E-state index is 11.6. The second-order valence-corrected chi connectivity index (χ2v) is 4.12. The molecule has 0 unspecified atom stereocenters. The average Bonchev–Trinajstić information content (AvgIpc) is 2.36. The number of esters is 1. The smallest absolute Gasteiger partial charge is 0.361 e. The lowest BCUT2D eigenvalue weighted by molar-refractivity contribution is -0.135. The van der Waals surface area contributed by atoms with Crippen molar-refractivity contribution < 1.29 is 14.7 Å². The van der Waals surface area contributed by atoms with Crippen LogP contribution in [0.5, 0.6) is 0 Å². The van der Waals surface area contributed by atoms with Crippen molar-refractivity contribution in [2.75, 3.05) is 6.61 Å². The molecule has 0 aliphatic heterocycles. The van der Waals surface area contributed by atoms with Crippen LogP contribution in [0.25, 0.3) is 5.57 Å². The molecule has 0 atom stereocenters. The molecule has 1 N–H and O–H groups in total. The maximum Gasteiger partial charge on any atom is 0.361 e. The number of carbonyl (C=O) groups is 1. The summed E-state index contributed by atoms with van der Waals surface area (Å²) < 4.78 is 4.59. The molecule has 6 heteroatoms. The second kappa shape index (κ2) is 7.03. The van der Waals surface area contributed by atoms with Crippen LogP contribution in [0.3, 0.4) is 0 Å². The van der Waals surface area contributed by atoms with Gasteiger partial charge in [0.05, 0.1) is 6.61 Å². The van der Waals surface area contributed by atoms with Crippen molar-refractivity contribution in [3.05, 3.63) is 40.4 Å². The lowest BCUT2D eigenvalue weighted by Gasteiger charge is -2.09. The number of halogens is 2. The first-order valence-electron chi connectivity index (χ1n) is 5.12. The van der Waals surface area contributed by atoms with Crippen molar-refractivity contribution >= 4 is 40.5 Å². The molecule has 0 bridgehead atoms. The molecule has 0 radical (unpaired) electrons. The van der Waals surface area contributed by atoms with Gasteiger partial charge < -0.3 is 9.94 Å². The summed E-state index contributed by atoms with van der Waals surface area (Å²) in [6.45, 7) is 1.79. The Morgan fingerprint density at radius 3 is 2.39 bits per heavy atom. The van der Waals surface area contributed by atoms with Gasteiger partial charge in [0.15, 0.2) is 5.71 Å². The summed E-state index contributed by atoms with van der Waals surface area (Å²) in [5, 5.41) is 11.9. The Morgan fingerprint density at radius 1 is 1.33 bits per heavy atom. The molecule has 1 aromatic rings. The van der Waals surface area contributed by atoms with Gasteiger partial charge in [0, 0.05) is 5.57 Å². The molecule has 0 saturated carbocycles. The third-order valence-electron chi connectivity index (χ3n) is 2.06. The van der Waals surface area contributed by atoms with Crippen molar-refractivity contribution in [2.24, 2.45) is 5.16 Å². The summed E-state index contributed by atoms with van der Waals surface area (Å²) in [4.78, 5) is 11.6. The number of carbonyl (C=O) groups excluding carboxylic acids is 1. The second-order valence-electron chi connectivity index (χ2n) is 3.17. The van der Waals surface area contributed by atoms with E-state index in [1.807, 2.05) is 0 Å². The Balaban J connectivity index is 3.23. The number of benzene rings is 1. The highest BCUT2D eigenvalue weighted by Crippen LogP contribution is 2.26. The van der Waals surface area contributed by atoms with E-state index in [9.17, 15) is 4.79 Å². The summed E-state index contributed by atoms with van der Waals surface area (Å²) in [6.07, 6.45) is 0. The number of nitrogens with zero attached hydrogens (tertiary/aromatic N) is 1. The van der Waals surface area contributed by atoms with Crippen LogP contribution in [0.15, 0.2) is 40.0 Å². The highest BCUT2D eigenvalue weighted by atomic mass is 35.5. The predicted octanol–water partition coefficient (Wildman–Crippen LogP) is 3.23. The van der Waals surface area contributed by atoms with Crippen LogP contribution < -0.4 is 0 Å². The van der Waals surface area contributed by atoms with E-state index >= 15 is 0 Å². The van der Waals surface area contributed by atoms with E-state index in [1.165, 1.54) is 0 Å². The fourth-order valence-corrected chi connectivity index (χ4v) is 1.73. The van der Waals surface area contributed by atoms with Crippen molar-refractivity contribution in [2.45, 2.75) is 6.92 Å². The molecule has 0 heterocycles. The lowest BCUT2D eigenvalue weighted by atomic mass is 10.0. The fraction of sp³-hybridized carbons (Fsp3) is 0.167. The van der Waals surface area contributed by atoms with E-state index in [4.69, 9.17) is 33.1 Å². The summed E-state index contributed by atoms with van der Waals surface area (Å²) in [7, 11) is 0. The zero-order valence-electron chi connectivity index (χ0n) is 9.56. The van der Waals surface area contributed by atoms with E-state index in [1.54, 1.807) is 37.3 Å². The molecule has 0 amide bonds.